The van der Waals surface area contributed by atoms with E-state index in [0.29, 0.717) is 5.92 Å². The zero-order valence-corrected chi connectivity index (χ0v) is 11.6. The van der Waals surface area contributed by atoms with Crippen LogP contribution in [0, 0.1) is 23.2 Å². The van der Waals surface area contributed by atoms with E-state index in [1.165, 1.54) is 12.0 Å². The molecule has 0 aliphatic carbocycles. The van der Waals surface area contributed by atoms with Gasteiger partial charge in [0.25, 0.3) is 0 Å². The first kappa shape index (κ1) is 13.6. The van der Waals surface area contributed by atoms with Crippen LogP contribution in [0.25, 0.3) is 11.1 Å². The van der Waals surface area contributed by atoms with Crippen LogP contribution in [0.4, 0.5) is 0 Å². The average Bonchev–Trinajstić information content (AvgIpc) is 2.82. The van der Waals surface area contributed by atoms with Crippen molar-refractivity contribution in [1.82, 2.24) is 9.88 Å². The fourth-order valence-corrected chi connectivity index (χ4v) is 2.11. The molecule has 0 aliphatic rings. The topological polar surface area (TPSA) is 53.1 Å². The molecular formula is C15H19N3O. The van der Waals surface area contributed by atoms with Crippen LogP contribution in [-0.4, -0.2) is 23.5 Å². The summed E-state index contributed by atoms with van der Waals surface area (Å²) in [6.45, 7) is 5.76. The minimum absolute atomic E-state index is 0.0685. The highest BCUT2D eigenvalue weighted by Gasteiger charge is 2.15. The molecule has 4 nitrogen and oxygen atoms in total. The quantitative estimate of drug-likeness (QED) is 0.826. The van der Waals surface area contributed by atoms with Crippen molar-refractivity contribution in [1.29, 1.82) is 5.26 Å². The summed E-state index contributed by atoms with van der Waals surface area (Å²) < 4.78 is 5.30. The number of benzene rings is 1. The van der Waals surface area contributed by atoms with Gasteiger partial charge in [0, 0.05) is 13.1 Å². The third-order valence-electron chi connectivity index (χ3n) is 3.33. The van der Waals surface area contributed by atoms with Gasteiger partial charge in [0.2, 0.25) is 0 Å². The Bertz CT molecular complexity index is 582. The standard InChI is InChI=1S/C15H19N3O/c1-11(2)13(7-16)9-18(3)8-12-4-5-14-15(6-12)19-10-17-14/h4-6,10-11,13H,8-9H2,1-3H3. The van der Waals surface area contributed by atoms with Gasteiger partial charge in [-0.15, -0.1) is 0 Å². The second-order valence-corrected chi connectivity index (χ2v) is 5.33. The van der Waals surface area contributed by atoms with E-state index in [2.05, 4.69) is 35.9 Å². The predicted molar refractivity (Wildman–Crippen MR) is 74.3 cm³/mol. The molecule has 1 aromatic heterocycles. The third-order valence-corrected chi connectivity index (χ3v) is 3.33. The van der Waals surface area contributed by atoms with Crippen LogP contribution in [0.15, 0.2) is 29.0 Å². The minimum atomic E-state index is 0.0685. The maximum atomic E-state index is 9.13. The first-order valence-corrected chi connectivity index (χ1v) is 6.50. The first-order valence-electron chi connectivity index (χ1n) is 6.50. The second-order valence-electron chi connectivity index (χ2n) is 5.33. The number of fused-ring (bicyclic) bond motifs is 1. The van der Waals surface area contributed by atoms with Crippen molar-refractivity contribution < 1.29 is 4.42 Å². The zero-order chi connectivity index (χ0) is 13.8. The molecule has 1 atom stereocenters. The maximum absolute atomic E-state index is 9.13. The summed E-state index contributed by atoms with van der Waals surface area (Å²) >= 11 is 0. The van der Waals surface area contributed by atoms with Crippen LogP contribution in [0.3, 0.4) is 0 Å². The monoisotopic (exact) mass is 257 g/mol. The fraction of sp³-hybridized carbons (Fsp3) is 0.467. The molecule has 0 saturated carbocycles. The summed E-state index contributed by atoms with van der Waals surface area (Å²) in [5, 5.41) is 9.13. The molecule has 4 heteroatoms. The van der Waals surface area contributed by atoms with Gasteiger partial charge in [-0.3, -0.25) is 0 Å². The molecule has 0 radical (unpaired) electrons. The smallest absolute Gasteiger partial charge is 0.181 e. The van der Waals surface area contributed by atoms with Crippen molar-refractivity contribution in [2.24, 2.45) is 11.8 Å². The second kappa shape index (κ2) is 5.85. The van der Waals surface area contributed by atoms with Crippen LogP contribution < -0.4 is 0 Å². The Kier molecular flexibility index (Phi) is 4.18. The summed E-state index contributed by atoms with van der Waals surface area (Å²) in [5.41, 5.74) is 2.86. The van der Waals surface area contributed by atoms with E-state index in [-0.39, 0.29) is 5.92 Å². The van der Waals surface area contributed by atoms with Crippen molar-refractivity contribution >= 4 is 11.1 Å². The van der Waals surface area contributed by atoms with Gasteiger partial charge in [0.1, 0.15) is 5.52 Å². The molecule has 2 rings (SSSR count). The number of hydrogen-bond donors (Lipinski definition) is 0. The number of rotatable bonds is 5. The van der Waals surface area contributed by atoms with Crippen molar-refractivity contribution in [3.05, 3.63) is 30.2 Å². The Morgan fingerprint density at radius 1 is 1.42 bits per heavy atom. The van der Waals surface area contributed by atoms with Crippen molar-refractivity contribution in [2.45, 2.75) is 20.4 Å². The van der Waals surface area contributed by atoms with E-state index in [1.807, 2.05) is 19.2 Å². The molecule has 0 spiro atoms. The number of hydrogen-bond acceptors (Lipinski definition) is 4. The molecule has 1 unspecified atom stereocenters. The van der Waals surface area contributed by atoms with Gasteiger partial charge in [-0.1, -0.05) is 19.9 Å². The fourth-order valence-electron chi connectivity index (χ4n) is 2.11. The summed E-state index contributed by atoms with van der Waals surface area (Å²) in [5.74, 6) is 0.447. The summed E-state index contributed by atoms with van der Waals surface area (Å²) in [4.78, 5) is 6.27. The van der Waals surface area contributed by atoms with Gasteiger partial charge in [-0.05, 0) is 30.7 Å². The molecule has 100 valence electrons. The van der Waals surface area contributed by atoms with Crippen molar-refractivity contribution in [2.75, 3.05) is 13.6 Å². The third kappa shape index (κ3) is 3.33. The number of nitriles is 1. The number of aromatic nitrogens is 1. The lowest BCUT2D eigenvalue weighted by Gasteiger charge is -2.21. The van der Waals surface area contributed by atoms with E-state index < -0.39 is 0 Å². The van der Waals surface area contributed by atoms with Crippen LogP contribution >= 0.6 is 0 Å². The summed E-state index contributed by atoms with van der Waals surface area (Å²) in [6.07, 6.45) is 1.46. The van der Waals surface area contributed by atoms with Crippen LogP contribution in [0.2, 0.25) is 0 Å². The molecule has 0 amide bonds. The van der Waals surface area contributed by atoms with Crippen LogP contribution in [0.5, 0.6) is 0 Å². The van der Waals surface area contributed by atoms with Crippen molar-refractivity contribution in [3.8, 4) is 6.07 Å². The maximum Gasteiger partial charge on any atom is 0.181 e. The van der Waals surface area contributed by atoms with Gasteiger partial charge in [-0.25, -0.2) is 4.98 Å². The molecular weight excluding hydrogens is 238 g/mol. The molecule has 0 bridgehead atoms. The molecule has 1 heterocycles. The van der Waals surface area contributed by atoms with E-state index >= 15 is 0 Å². The van der Waals surface area contributed by atoms with E-state index in [9.17, 15) is 0 Å². The Morgan fingerprint density at radius 3 is 2.89 bits per heavy atom. The molecule has 0 saturated heterocycles. The molecule has 0 aliphatic heterocycles. The number of oxazole rings is 1. The molecule has 1 aromatic carbocycles. The normalized spacial score (nSPS) is 13.1. The number of nitrogens with zero attached hydrogens (tertiary/aromatic N) is 3. The average molecular weight is 257 g/mol. The van der Waals surface area contributed by atoms with Crippen molar-refractivity contribution in [3.63, 3.8) is 0 Å². The molecule has 0 fully saturated rings. The lowest BCUT2D eigenvalue weighted by atomic mass is 9.97. The van der Waals surface area contributed by atoms with Gasteiger partial charge in [-0.2, -0.15) is 5.26 Å². The Morgan fingerprint density at radius 2 is 2.21 bits per heavy atom. The Hall–Kier alpha value is -1.86. The lowest BCUT2D eigenvalue weighted by molar-refractivity contribution is 0.265. The molecule has 19 heavy (non-hydrogen) atoms. The van der Waals surface area contributed by atoms with Gasteiger partial charge in [0.15, 0.2) is 12.0 Å². The van der Waals surface area contributed by atoms with Gasteiger partial charge < -0.3 is 9.32 Å². The summed E-state index contributed by atoms with van der Waals surface area (Å²) in [7, 11) is 2.04. The largest absolute Gasteiger partial charge is 0.443 e. The predicted octanol–water partition coefficient (Wildman–Crippen LogP) is 3.06. The van der Waals surface area contributed by atoms with Crippen LogP contribution in [-0.2, 0) is 6.54 Å². The minimum Gasteiger partial charge on any atom is -0.443 e. The van der Waals surface area contributed by atoms with E-state index in [4.69, 9.17) is 9.68 Å². The Balaban J connectivity index is 2.02. The molecule has 2 aromatic rings. The highest BCUT2D eigenvalue weighted by Crippen LogP contribution is 2.17. The van der Waals surface area contributed by atoms with E-state index in [1.54, 1.807) is 0 Å². The van der Waals surface area contributed by atoms with Crippen LogP contribution in [0.1, 0.15) is 19.4 Å². The zero-order valence-electron chi connectivity index (χ0n) is 11.6. The van der Waals surface area contributed by atoms with Gasteiger partial charge in [0.05, 0.1) is 12.0 Å². The Labute approximate surface area is 113 Å². The highest BCUT2D eigenvalue weighted by molar-refractivity contribution is 5.72. The summed E-state index contributed by atoms with van der Waals surface area (Å²) in [6, 6.07) is 8.40. The first-order chi connectivity index (χ1) is 9.10. The van der Waals surface area contributed by atoms with Gasteiger partial charge >= 0.3 is 0 Å². The highest BCUT2D eigenvalue weighted by atomic mass is 16.3. The molecule has 0 N–H and O–H groups in total. The SMILES string of the molecule is CC(C)C(C#N)CN(C)Cc1ccc2ncoc2c1. The van der Waals surface area contributed by atoms with E-state index in [0.717, 1.165) is 24.2 Å². The lowest BCUT2D eigenvalue weighted by Crippen LogP contribution is -2.27.